The molecule has 0 bridgehead atoms. The lowest BCUT2D eigenvalue weighted by Crippen LogP contribution is -2.42. The maximum atomic E-state index is 13.9. The number of benzene rings is 1. The van der Waals surface area contributed by atoms with Crippen molar-refractivity contribution >= 4 is 45.6 Å². The topological polar surface area (TPSA) is 147 Å². The van der Waals surface area contributed by atoms with Gasteiger partial charge in [0.15, 0.2) is 17.3 Å². The summed E-state index contributed by atoms with van der Waals surface area (Å²) in [5.74, 6) is 2.35. The molecule has 266 valence electrons. The van der Waals surface area contributed by atoms with Crippen LogP contribution in [0.2, 0.25) is 0 Å². The van der Waals surface area contributed by atoms with Gasteiger partial charge in [0.25, 0.3) is 0 Å². The summed E-state index contributed by atoms with van der Waals surface area (Å²) in [7, 11) is 3.45. The number of carbonyl (C=O) groups is 2. The zero-order valence-electron chi connectivity index (χ0n) is 29.5. The number of methoxy groups -OCH3 is 1. The zero-order valence-corrected chi connectivity index (χ0v) is 30.3. The van der Waals surface area contributed by atoms with Crippen LogP contribution >= 0.6 is 11.3 Å². The van der Waals surface area contributed by atoms with Crippen LogP contribution in [0.25, 0.3) is 38.6 Å². The van der Waals surface area contributed by atoms with Crippen molar-refractivity contribution in [3.63, 3.8) is 0 Å². The molecule has 1 fully saturated rings. The molecule has 4 aromatic heterocycles. The first-order valence-electron chi connectivity index (χ1n) is 17.2. The standard InChI is InChI=1S/C36H42N10O4S/c1-6-46(30-10-8-26-33(39-30)32(41-40-26)24-7-9-27(50-22(2)3)28(17-24)49-5)36(48)25-11-14-44(19-25)20-31(47)45-15-12-23(13-16-45)35-37-18-29(51-35)34-38-21-43(4)42-34/h7-10,12,17-18,21-22,25H,6,11,13-16,19-20H2,1-5H3,(H,40,41)/t25-/m1/s1. The molecule has 1 N–H and O–H groups in total. The van der Waals surface area contributed by atoms with E-state index in [4.69, 9.17) is 14.5 Å². The fraction of sp³-hybridized carbons (Fsp3) is 0.417. The van der Waals surface area contributed by atoms with Gasteiger partial charge >= 0.3 is 0 Å². The van der Waals surface area contributed by atoms with E-state index in [9.17, 15) is 9.59 Å². The normalized spacial score (nSPS) is 16.5. The molecule has 2 aliphatic heterocycles. The number of aromatic nitrogens is 7. The van der Waals surface area contributed by atoms with E-state index in [0.717, 1.165) is 33.0 Å². The summed E-state index contributed by atoms with van der Waals surface area (Å²) in [5.41, 5.74) is 4.05. The van der Waals surface area contributed by atoms with Crippen LogP contribution in [0.3, 0.4) is 0 Å². The van der Waals surface area contributed by atoms with Crippen molar-refractivity contribution in [3.05, 3.63) is 53.9 Å². The summed E-state index contributed by atoms with van der Waals surface area (Å²) >= 11 is 1.57. The maximum absolute atomic E-state index is 13.9. The van der Waals surface area contributed by atoms with Crippen molar-refractivity contribution < 1.29 is 19.1 Å². The number of fused-ring (bicyclic) bond motifs is 1. The van der Waals surface area contributed by atoms with Gasteiger partial charge < -0.3 is 14.4 Å². The lowest BCUT2D eigenvalue weighted by molar-refractivity contribution is -0.132. The van der Waals surface area contributed by atoms with Gasteiger partial charge in [-0.2, -0.15) is 10.2 Å². The number of H-pyrrole nitrogens is 1. The highest BCUT2D eigenvalue weighted by Crippen LogP contribution is 2.36. The number of amides is 2. The van der Waals surface area contributed by atoms with Crippen molar-refractivity contribution in [2.45, 2.75) is 39.7 Å². The Morgan fingerprint density at radius 1 is 1.14 bits per heavy atom. The number of likely N-dealkylation sites (tertiary alicyclic amines) is 1. The Balaban J connectivity index is 0.976. The average Bonchev–Trinajstić information content (AvgIpc) is 3.96. The second-order valence-electron chi connectivity index (χ2n) is 13.1. The van der Waals surface area contributed by atoms with Gasteiger partial charge in [-0.05, 0) is 76.1 Å². The van der Waals surface area contributed by atoms with Gasteiger partial charge in [0.05, 0.1) is 36.1 Å². The summed E-state index contributed by atoms with van der Waals surface area (Å²) in [6, 6.07) is 9.44. The number of aryl methyl sites for hydroxylation is 1. The molecule has 1 aromatic carbocycles. The molecule has 2 amide bonds. The number of pyridine rings is 1. The predicted molar refractivity (Wildman–Crippen MR) is 195 cm³/mol. The number of rotatable bonds is 11. The molecule has 14 nitrogen and oxygen atoms in total. The van der Waals surface area contributed by atoms with E-state index in [-0.39, 0.29) is 23.8 Å². The van der Waals surface area contributed by atoms with Crippen LogP contribution in [0.1, 0.15) is 38.6 Å². The summed E-state index contributed by atoms with van der Waals surface area (Å²) in [4.78, 5) is 47.7. The smallest absolute Gasteiger partial charge is 0.237 e. The van der Waals surface area contributed by atoms with E-state index in [1.807, 2.05) is 69.2 Å². The van der Waals surface area contributed by atoms with Crippen LogP contribution in [-0.2, 0) is 16.6 Å². The highest BCUT2D eigenvalue weighted by molar-refractivity contribution is 7.16. The number of hydrogen-bond donors (Lipinski definition) is 1. The number of nitrogens with one attached hydrogen (secondary N) is 1. The summed E-state index contributed by atoms with van der Waals surface area (Å²) in [6.45, 7) is 9.04. The number of ether oxygens (including phenoxy) is 2. The molecule has 2 aliphatic rings. The Hall–Kier alpha value is -5.15. The molecular weight excluding hydrogens is 669 g/mol. The van der Waals surface area contributed by atoms with E-state index in [0.29, 0.717) is 80.0 Å². The summed E-state index contributed by atoms with van der Waals surface area (Å²) in [5, 5.41) is 12.9. The summed E-state index contributed by atoms with van der Waals surface area (Å²) < 4.78 is 13.2. The van der Waals surface area contributed by atoms with Crippen molar-refractivity contribution in [1.29, 1.82) is 0 Å². The Labute approximate surface area is 300 Å². The fourth-order valence-electron chi connectivity index (χ4n) is 6.59. The Morgan fingerprint density at radius 2 is 2.00 bits per heavy atom. The lowest BCUT2D eigenvalue weighted by atomic mass is 10.1. The molecular formula is C36H42N10O4S. The number of carbonyl (C=O) groups excluding carboxylic acids is 2. The van der Waals surface area contributed by atoms with Crippen LogP contribution in [0.5, 0.6) is 11.5 Å². The van der Waals surface area contributed by atoms with Crippen LogP contribution in [-0.4, -0.2) is 109 Å². The largest absolute Gasteiger partial charge is 0.493 e. The third-order valence-corrected chi connectivity index (χ3v) is 10.3. The number of nitrogens with zero attached hydrogens (tertiary/aromatic N) is 9. The molecule has 51 heavy (non-hydrogen) atoms. The van der Waals surface area contributed by atoms with Gasteiger partial charge in [0.1, 0.15) is 28.4 Å². The van der Waals surface area contributed by atoms with Crippen LogP contribution in [0, 0.1) is 5.92 Å². The molecule has 6 heterocycles. The third kappa shape index (κ3) is 7.21. The van der Waals surface area contributed by atoms with Gasteiger partial charge in [0.2, 0.25) is 11.8 Å². The first-order valence-corrected chi connectivity index (χ1v) is 18.0. The second kappa shape index (κ2) is 14.6. The van der Waals surface area contributed by atoms with Crippen LogP contribution in [0.4, 0.5) is 5.82 Å². The van der Waals surface area contributed by atoms with Gasteiger partial charge in [0, 0.05) is 45.0 Å². The fourth-order valence-corrected chi connectivity index (χ4v) is 7.52. The summed E-state index contributed by atoms with van der Waals surface area (Å²) in [6.07, 6.45) is 7.01. The molecule has 7 rings (SSSR count). The molecule has 1 atom stereocenters. The van der Waals surface area contributed by atoms with Crippen LogP contribution < -0.4 is 14.4 Å². The zero-order chi connectivity index (χ0) is 35.6. The molecule has 0 aliphatic carbocycles. The lowest BCUT2D eigenvalue weighted by Gasteiger charge is -2.28. The van der Waals surface area contributed by atoms with Gasteiger partial charge in [-0.3, -0.25) is 29.2 Å². The Bertz CT molecular complexity index is 2080. The first kappa shape index (κ1) is 34.3. The second-order valence-corrected chi connectivity index (χ2v) is 14.1. The highest BCUT2D eigenvalue weighted by Gasteiger charge is 2.34. The Kier molecular flexibility index (Phi) is 9.82. The number of hydrogen-bond acceptors (Lipinski definition) is 11. The highest BCUT2D eigenvalue weighted by atomic mass is 32.1. The van der Waals surface area contributed by atoms with E-state index < -0.39 is 0 Å². The molecule has 0 saturated carbocycles. The monoisotopic (exact) mass is 710 g/mol. The number of thiazole rings is 1. The predicted octanol–water partition coefficient (Wildman–Crippen LogP) is 4.66. The van der Waals surface area contributed by atoms with E-state index in [2.05, 4.69) is 36.2 Å². The van der Waals surface area contributed by atoms with Gasteiger partial charge in [-0.15, -0.1) is 11.3 Å². The van der Waals surface area contributed by atoms with E-state index in [1.165, 1.54) is 0 Å². The van der Waals surface area contributed by atoms with Crippen LogP contribution in [0.15, 0.2) is 48.9 Å². The minimum atomic E-state index is -0.225. The maximum Gasteiger partial charge on any atom is 0.237 e. The number of aromatic amines is 1. The van der Waals surface area contributed by atoms with Crippen molar-refractivity contribution in [2.75, 3.05) is 51.3 Å². The molecule has 5 aromatic rings. The quantitative estimate of drug-likeness (QED) is 0.205. The number of anilines is 1. The minimum Gasteiger partial charge on any atom is -0.493 e. The molecule has 15 heteroatoms. The Morgan fingerprint density at radius 3 is 2.73 bits per heavy atom. The average molecular weight is 711 g/mol. The van der Waals surface area contributed by atoms with E-state index in [1.54, 1.807) is 34.4 Å². The molecule has 0 radical (unpaired) electrons. The van der Waals surface area contributed by atoms with Crippen molar-refractivity contribution in [2.24, 2.45) is 13.0 Å². The van der Waals surface area contributed by atoms with Crippen molar-refractivity contribution in [3.8, 4) is 33.5 Å². The van der Waals surface area contributed by atoms with Gasteiger partial charge in [-0.25, -0.2) is 15.0 Å². The molecule has 0 unspecified atom stereocenters. The SMILES string of the molecule is CCN(C(=O)[C@@H]1CCN(CC(=O)N2CC=C(c3ncc(-c4ncn(C)n4)s3)CC2)C1)c1ccc2[nH]nc(-c3ccc(OC(C)C)c(OC)c3)c2n1. The third-order valence-electron chi connectivity index (χ3n) is 9.19. The van der Waals surface area contributed by atoms with E-state index >= 15 is 0 Å². The molecule has 0 spiro atoms. The van der Waals surface area contributed by atoms with Crippen molar-refractivity contribution in [1.82, 2.24) is 44.7 Å². The minimum absolute atomic E-state index is 0.00672. The first-order chi connectivity index (χ1) is 24.7. The molecule has 1 saturated heterocycles. The van der Waals surface area contributed by atoms with Gasteiger partial charge in [-0.1, -0.05) is 6.08 Å².